The van der Waals surface area contributed by atoms with Gasteiger partial charge in [-0.05, 0) is 50.1 Å². The molecule has 26 heavy (non-hydrogen) atoms. The van der Waals surface area contributed by atoms with E-state index in [4.69, 9.17) is 0 Å². The lowest BCUT2D eigenvalue weighted by atomic mass is 10.0. The van der Waals surface area contributed by atoms with E-state index in [9.17, 15) is 4.79 Å². The SMILES string of the molecule is Cc1cc2nc(C)c(CCC(=O)NC(c3cccs3)C(C)C)c(C)n2n1. The first-order valence-electron chi connectivity index (χ1n) is 9.02. The van der Waals surface area contributed by atoms with E-state index in [0.29, 0.717) is 18.8 Å². The number of aromatic nitrogens is 3. The predicted octanol–water partition coefficient (Wildman–Crippen LogP) is 4.16. The number of nitrogens with zero attached hydrogens (tertiary/aromatic N) is 3. The van der Waals surface area contributed by atoms with E-state index in [-0.39, 0.29) is 11.9 Å². The Labute approximate surface area is 158 Å². The highest BCUT2D eigenvalue weighted by molar-refractivity contribution is 7.10. The Kier molecular flexibility index (Phi) is 5.41. The molecule has 1 N–H and O–H groups in total. The molecule has 6 heteroatoms. The van der Waals surface area contributed by atoms with E-state index in [0.717, 1.165) is 28.3 Å². The predicted molar refractivity (Wildman–Crippen MR) is 106 cm³/mol. The van der Waals surface area contributed by atoms with Crippen molar-refractivity contribution in [2.24, 2.45) is 5.92 Å². The van der Waals surface area contributed by atoms with Crippen LogP contribution in [0.4, 0.5) is 0 Å². The Morgan fingerprint density at radius 2 is 2.08 bits per heavy atom. The summed E-state index contributed by atoms with van der Waals surface area (Å²) in [4.78, 5) is 18.4. The molecule has 1 atom stereocenters. The van der Waals surface area contributed by atoms with Gasteiger partial charge in [0.1, 0.15) is 0 Å². The third kappa shape index (κ3) is 3.80. The molecular weight excluding hydrogens is 344 g/mol. The van der Waals surface area contributed by atoms with Crippen LogP contribution in [-0.2, 0) is 11.2 Å². The second-order valence-electron chi connectivity index (χ2n) is 7.12. The van der Waals surface area contributed by atoms with E-state index >= 15 is 0 Å². The molecule has 1 amide bonds. The Morgan fingerprint density at radius 3 is 2.73 bits per heavy atom. The Bertz CT molecular complexity index is 912. The zero-order valence-corrected chi connectivity index (χ0v) is 16.9. The van der Waals surface area contributed by atoms with Gasteiger partial charge < -0.3 is 5.32 Å². The summed E-state index contributed by atoms with van der Waals surface area (Å²) in [5.74, 6) is 0.429. The summed E-state index contributed by atoms with van der Waals surface area (Å²) in [5.41, 5.74) is 4.95. The van der Waals surface area contributed by atoms with Gasteiger partial charge in [-0.25, -0.2) is 9.50 Å². The third-order valence-electron chi connectivity index (χ3n) is 4.72. The van der Waals surface area contributed by atoms with Gasteiger partial charge in [-0.3, -0.25) is 4.79 Å². The molecule has 138 valence electrons. The molecule has 3 aromatic rings. The average molecular weight is 371 g/mol. The first kappa shape index (κ1) is 18.6. The van der Waals surface area contributed by atoms with Gasteiger partial charge >= 0.3 is 0 Å². The molecule has 0 aliphatic rings. The summed E-state index contributed by atoms with van der Waals surface area (Å²) in [5, 5.41) is 9.75. The first-order chi connectivity index (χ1) is 12.4. The van der Waals surface area contributed by atoms with E-state index in [1.54, 1.807) is 11.3 Å². The number of nitrogens with one attached hydrogen (secondary N) is 1. The summed E-state index contributed by atoms with van der Waals surface area (Å²) in [6.07, 6.45) is 1.12. The van der Waals surface area contributed by atoms with Crippen LogP contribution in [0.15, 0.2) is 23.6 Å². The van der Waals surface area contributed by atoms with E-state index in [1.165, 1.54) is 4.88 Å². The molecular formula is C20H26N4OS. The fourth-order valence-corrected chi connectivity index (χ4v) is 4.27. The number of carbonyl (C=O) groups excluding carboxylic acids is 1. The molecule has 3 heterocycles. The van der Waals surface area contributed by atoms with Crippen molar-refractivity contribution in [3.63, 3.8) is 0 Å². The fraction of sp³-hybridized carbons (Fsp3) is 0.450. The molecule has 5 nitrogen and oxygen atoms in total. The molecule has 3 aromatic heterocycles. The topological polar surface area (TPSA) is 59.3 Å². The van der Waals surface area contributed by atoms with Gasteiger partial charge in [0, 0.05) is 28.8 Å². The van der Waals surface area contributed by atoms with E-state index in [2.05, 4.69) is 40.7 Å². The van der Waals surface area contributed by atoms with Crippen LogP contribution in [0.1, 0.15) is 53.8 Å². The number of amides is 1. The summed E-state index contributed by atoms with van der Waals surface area (Å²) in [6.45, 7) is 10.3. The number of aryl methyl sites for hydroxylation is 3. The smallest absolute Gasteiger partial charge is 0.220 e. The normalized spacial score (nSPS) is 12.7. The van der Waals surface area contributed by atoms with Gasteiger partial charge in [0.25, 0.3) is 0 Å². The maximum absolute atomic E-state index is 12.6. The highest BCUT2D eigenvalue weighted by Gasteiger charge is 2.20. The van der Waals surface area contributed by atoms with Crippen LogP contribution in [-0.4, -0.2) is 20.5 Å². The molecule has 0 radical (unpaired) electrons. The molecule has 0 saturated carbocycles. The minimum atomic E-state index is 0.0686. The number of rotatable bonds is 6. The number of fused-ring (bicyclic) bond motifs is 1. The molecule has 0 aliphatic heterocycles. The highest BCUT2D eigenvalue weighted by atomic mass is 32.1. The summed E-state index contributed by atoms with van der Waals surface area (Å²) >= 11 is 1.69. The maximum atomic E-state index is 12.6. The second kappa shape index (κ2) is 7.58. The highest BCUT2D eigenvalue weighted by Crippen LogP contribution is 2.26. The van der Waals surface area contributed by atoms with Gasteiger partial charge in [0.15, 0.2) is 5.65 Å². The van der Waals surface area contributed by atoms with Crippen LogP contribution in [0.3, 0.4) is 0 Å². The van der Waals surface area contributed by atoms with Crippen molar-refractivity contribution in [3.05, 3.63) is 51.1 Å². The largest absolute Gasteiger partial charge is 0.348 e. The number of carbonyl (C=O) groups is 1. The molecule has 1 unspecified atom stereocenters. The standard InChI is InChI=1S/C20H26N4OS/c1-12(2)20(17-7-6-10-26-17)22-19(25)9-8-16-14(4)21-18-11-13(3)23-24(18)15(16)5/h6-7,10-12,20H,8-9H2,1-5H3,(H,22,25). The number of hydrogen-bond acceptors (Lipinski definition) is 4. The molecule has 0 spiro atoms. The molecule has 3 rings (SSSR count). The Morgan fingerprint density at radius 1 is 1.31 bits per heavy atom. The maximum Gasteiger partial charge on any atom is 0.220 e. The van der Waals surface area contributed by atoms with Crippen LogP contribution in [0.25, 0.3) is 5.65 Å². The molecule has 0 aromatic carbocycles. The minimum absolute atomic E-state index is 0.0686. The average Bonchev–Trinajstić information content (AvgIpc) is 3.21. The van der Waals surface area contributed by atoms with E-state index in [1.807, 2.05) is 37.4 Å². The Balaban J connectivity index is 1.72. The lowest BCUT2D eigenvalue weighted by Gasteiger charge is -2.21. The van der Waals surface area contributed by atoms with Gasteiger partial charge in [0.05, 0.1) is 11.7 Å². The van der Waals surface area contributed by atoms with Crippen molar-refractivity contribution in [2.45, 2.75) is 53.5 Å². The molecule has 0 saturated heterocycles. The van der Waals surface area contributed by atoms with Crippen LogP contribution < -0.4 is 5.32 Å². The van der Waals surface area contributed by atoms with Gasteiger partial charge in [0.2, 0.25) is 5.91 Å². The van der Waals surface area contributed by atoms with Crippen molar-refractivity contribution >= 4 is 22.9 Å². The summed E-state index contributed by atoms with van der Waals surface area (Å²) in [6, 6.07) is 6.16. The minimum Gasteiger partial charge on any atom is -0.348 e. The quantitative estimate of drug-likeness (QED) is 0.709. The zero-order chi connectivity index (χ0) is 18.8. The summed E-state index contributed by atoms with van der Waals surface area (Å²) < 4.78 is 1.87. The molecule has 0 aliphatic carbocycles. The van der Waals surface area contributed by atoms with Crippen molar-refractivity contribution in [2.75, 3.05) is 0 Å². The van der Waals surface area contributed by atoms with Crippen LogP contribution in [0.5, 0.6) is 0 Å². The first-order valence-corrected chi connectivity index (χ1v) is 9.90. The molecule has 0 bridgehead atoms. The summed E-state index contributed by atoms with van der Waals surface area (Å²) in [7, 11) is 0. The second-order valence-corrected chi connectivity index (χ2v) is 8.10. The van der Waals surface area contributed by atoms with Crippen molar-refractivity contribution in [1.29, 1.82) is 0 Å². The van der Waals surface area contributed by atoms with E-state index < -0.39 is 0 Å². The third-order valence-corrected chi connectivity index (χ3v) is 5.68. The van der Waals surface area contributed by atoms with Gasteiger partial charge in [-0.1, -0.05) is 19.9 Å². The van der Waals surface area contributed by atoms with Crippen LogP contribution in [0, 0.1) is 26.7 Å². The lowest BCUT2D eigenvalue weighted by Crippen LogP contribution is -2.31. The van der Waals surface area contributed by atoms with Crippen LogP contribution >= 0.6 is 11.3 Å². The Hall–Kier alpha value is -2.21. The number of thiophene rings is 1. The van der Waals surface area contributed by atoms with Crippen molar-refractivity contribution in [1.82, 2.24) is 19.9 Å². The zero-order valence-electron chi connectivity index (χ0n) is 16.0. The lowest BCUT2D eigenvalue weighted by molar-refractivity contribution is -0.122. The molecule has 0 fully saturated rings. The van der Waals surface area contributed by atoms with Gasteiger partial charge in [-0.2, -0.15) is 5.10 Å². The van der Waals surface area contributed by atoms with Crippen molar-refractivity contribution < 1.29 is 4.79 Å². The number of hydrogen-bond donors (Lipinski definition) is 1. The van der Waals surface area contributed by atoms with Crippen LogP contribution in [0.2, 0.25) is 0 Å². The van der Waals surface area contributed by atoms with Gasteiger partial charge in [-0.15, -0.1) is 11.3 Å². The van der Waals surface area contributed by atoms with Crippen molar-refractivity contribution in [3.8, 4) is 0 Å². The fourth-order valence-electron chi connectivity index (χ4n) is 3.32. The monoisotopic (exact) mass is 370 g/mol.